The van der Waals surface area contributed by atoms with Crippen molar-refractivity contribution < 1.29 is 13.9 Å². The Hall–Kier alpha value is 0.0969. The van der Waals surface area contributed by atoms with Crippen LogP contribution in [0, 0.1) is 5.92 Å². The van der Waals surface area contributed by atoms with Crippen LogP contribution in [0.4, 0.5) is 0 Å². The molecule has 0 bridgehead atoms. The largest absolute Gasteiger partial charge is 0.396 e. The minimum atomic E-state index is -0.952. The lowest BCUT2D eigenvalue weighted by Crippen LogP contribution is -2.21. The van der Waals surface area contributed by atoms with E-state index in [1.165, 1.54) is 25.7 Å². The Kier molecular flexibility index (Phi) is 5.03. The summed E-state index contributed by atoms with van der Waals surface area (Å²) in [6, 6.07) is 0. The first kappa shape index (κ1) is 13.5. The summed E-state index contributed by atoms with van der Waals surface area (Å²) in [4.78, 5) is 0. The number of fused-ring (bicyclic) bond motifs is 1. The summed E-state index contributed by atoms with van der Waals surface area (Å²) in [7, 11) is -0.952. The molecule has 1 aliphatic heterocycles. The fraction of sp³-hybridized carbons (Fsp3) is 1.00. The van der Waals surface area contributed by atoms with Gasteiger partial charge in [-0.3, -0.25) is 0 Å². The summed E-state index contributed by atoms with van der Waals surface area (Å²) in [5.74, 6) is 0.873. The van der Waals surface area contributed by atoms with Crippen LogP contribution in [0.3, 0.4) is 0 Å². The first-order valence-electron chi connectivity index (χ1n) is 7.07. The zero-order valence-electron chi connectivity index (χ0n) is 11.4. The molecule has 4 heteroatoms. The van der Waals surface area contributed by atoms with Crippen molar-refractivity contribution in [1.29, 1.82) is 0 Å². The van der Waals surface area contributed by atoms with Crippen LogP contribution >= 0.6 is 0 Å². The first-order chi connectivity index (χ1) is 8.15. The molecule has 1 heterocycles. The third kappa shape index (κ3) is 4.70. The maximum Gasteiger partial charge on any atom is 0.174 e. The monoisotopic (exact) mass is 258 g/mol. The van der Waals surface area contributed by atoms with Crippen LogP contribution < -0.4 is 0 Å². The van der Waals surface area contributed by atoms with Crippen LogP contribution in [0.1, 0.15) is 39.0 Å². The molecule has 1 saturated carbocycles. The van der Waals surface area contributed by atoms with Crippen molar-refractivity contribution in [3.05, 3.63) is 0 Å². The van der Waals surface area contributed by atoms with E-state index in [1.807, 2.05) is 6.92 Å². The molecule has 0 aromatic carbocycles. The van der Waals surface area contributed by atoms with Gasteiger partial charge in [0.05, 0.1) is 12.2 Å². The van der Waals surface area contributed by atoms with Gasteiger partial charge in [-0.2, -0.15) is 0 Å². The molecule has 0 amide bonds. The lowest BCUT2D eigenvalue weighted by Gasteiger charge is -2.20. The average Bonchev–Trinajstić information content (AvgIpc) is 3.01. The van der Waals surface area contributed by atoms with Crippen LogP contribution in [0.25, 0.3) is 0 Å². The van der Waals surface area contributed by atoms with Crippen LogP contribution in [-0.4, -0.2) is 34.1 Å². The number of rotatable bonds is 7. The number of hydrogen-bond donors (Lipinski definition) is 0. The topological polar surface area (TPSA) is 31.0 Å². The molecule has 2 aliphatic rings. The van der Waals surface area contributed by atoms with E-state index in [9.17, 15) is 0 Å². The van der Waals surface area contributed by atoms with Crippen LogP contribution in [0.5, 0.6) is 0 Å². The van der Waals surface area contributed by atoms with Crippen LogP contribution in [0.15, 0.2) is 0 Å². The van der Waals surface area contributed by atoms with E-state index in [1.54, 1.807) is 0 Å². The maximum absolute atomic E-state index is 5.66. The van der Waals surface area contributed by atoms with Crippen molar-refractivity contribution in [2.45, 2.75) is 70.6 Å². The van der Waals surface area contributed by atoms with E-state index in [4.69, 9.17) is 13.9 Å². The molecule has 0 aromatic heterocycles. The molecular formula is C13H26O3Si. The van der Waals surface area contributed by atoms with Gasteiger partial charge in [0.1, 0.15) is 6.29 Å². The van der Waals surface area contributed by atoms with E-state index in [-0.39, 0.29) is 6.29 Å². The zero-order valence-corrected chi connectivity index (χ0v) is 12.5. The van der Waals surface area contributed by atoms with Gasteiger partial charge in [-0.15, -0.1) is 0 Å². The summed E-state index contributed by atoms with van der Waals surface area (Å²) in [5.41, 5.74) is 0. The molecule has 17 heavy (non-hydrogen) atoms. The highest BCUT2D eigenvalue weighted by Gasteiger charge is 2.43. The quantitative estimate of drug-likeness (QED) is 0.304. The van der Waals surface area contributed by atoms with Gasteiger partial charge in [0.2, 0.25) is 0 Å². The van der Waals surface area contributed by atoms with Crippen molar-refractivity contribution >= 4 is 9.04 Å². The minimum absolute atomic E-state index is 0.0100. The molecule has 1 aliphatic carbocycles. The highest BCUT2D eigenvalue weighted by atomic mass is 28.3. The molecule has 3 nitrogen and oxygen atoms in total. The molecule has 1 saturated heterocycles. The smallest absolute Gasteiger partial charge is 0.174 e. The summed E-state index contributed by atoms with van der Waals surface area (Å²) < 4.78 is 16.9. The SMILES string of the molecule is CC(OCCCC1CCC2OC2C1)O[SiH](C)C. The summed E-state index contributed by atoms with van der Waals surface area (Å²) in [5, 5.41) is 0. The standard InChI is InChI=1S/C13H26O3Si/c1-10(16-17(2)3)14-8-4-5-11-6-7-12-13(9-11)15-12/h10-13,17H,4-9H2,1-3H3. The minimum Gasteiger partial charge on any atom is -0.396 e. The van der Waals surface area contributed by atoms with E-state index in [0.717, 1.165) is 18.9 Å². The first-order valence-corrected chi connectivity index (χ1v) is 9.85. The zero-order chi connectivity index (χ0) is 12.3. The molecule has 0 spiro atoms. The van der Waals surface area contributed by atoms with Gasteiger partial charge in [-0.05, 0) is 58.0 Å². The summed E-state index contributed by atoms with van der Waals surface area (Å²) in [6.07, 6.45) is 7.62. The summed E-state index contributed by atoms with van der Waals surface area (Å²) >= 11 is 0. The van der Waals surface area contributed by atoms with Crippen molar-refractivity contribution in [2.75, 3.05) is 6.61 Å². The Morgan fingerprint density at radius 2 is 2.12 bits per heavy atom. The normalized spacial score (nSPS) is 33.5. The van der Waals surface area contributed by atoms with Gasteiger partial charge in [-0.1, -0.05) is 0 Å². The lowest BCUT2D eigenvalue weighted by atomic mass is 9.86. The van der Waals surface area contributed by atoms with E-state index in [2.05, 4.69) is 13.1 Å². The van der Waals surface area contributed by atoms with Gasteiger partial charge in [0.15, 0.2) is 9.04 Å². The third-order valence-electron chi connectivity index (χ3n) is 3.69. The number of ether oxygens (including phenoxy) is 2. The second kappa shape index (κ2) is 6.32. The predicted octanol–water partition coefficient (Wildman–Crippen LogP) is 2.70. The number of epoxide rings is 1. The Morgan fingerprint density at radius 1 is 1.29 bits per heavy atom. The lowest BCUT2D eigenvalue weighted by molar-refractivity contribution is -0.0702. The molecule has 100 valence electrons. The molecule has 0 aromatic rings. The Balaban J connectivity index is 1.48. The molecule has 4 unspecified atom stereocenters. The third-order valence-corrected chi connectivity index (χ3v) is 4.61. The molecule has 4 atom stereocenters. The van der Waals surface area contributed by atoms with Crippen LogP contribution in [-0.2, 0) is 13.9 Å². The van der Waals surface area contributed by atoms with Gasteiger partial charge in [-0.25, -0.2) is 0 Å². The second-order valence-electron chi connectivity index (χ2n) is 5.66. The Labute approximate surface area is 107 Å². The Bertz CT molecular complexity index is 235. The van der Waals surface area contributed by atoms with Gasteiger partial charge in [0.25, 0.3) is 0 Å². The van der Waals surface area contributed by atoms with Gasteiger partial charge in [0, 0.05) is 6.61 Å². The molecule has 2 rings (SSSR count). The van der Waals surface area contributed by atoms with E-state index >= 15 is 0 Å². The summed E-state index contributed by atoms with van der Waals surface area (Å²) in [6.45, 7) is 7.20. The molecular weight excluding hydrogens is 232 g/mol. The fourth-order valence-electron chi connectivity index (χ4n) is 2.79. The molecule has 0 radical (unpaired) electrons. The van der Waals surface area contributed by atoms with Gasteiger partial charge < -0.3 is 13.9 Å². The van der Waals surface area contributed by atoms with Crippen molar-refractivity contribution in [2.24, 2.45) is 5.92 Å². The molecule has 2 fully saturated rings. The highest BCUT2D eigenvalue weighted by Crippen LogP contribution is 2.40. The average molecular weight is 258 g/mol. The Morgan fingerprint density at radius 3 is 2.82 bits per heavy atom. The van der Waals surface area contributed by atoms with Crippen LogP contribution in [0.2, 0.25) is 13.1 Å². The highest BCUT2D eigenvalue weighted by molar-refractivity contribution is 6.48. The van der Waals surface area contributed by atoms with E-state index < -0.39 is 9.04 Å². The van der Waals surface area contributed by atoms with Crippen molar-refractivity contribution in [1.82, 2.24) is 0 Å². The van der Waals surface area contributed by atoms with Crippen molar-refractivity contribution in [3.63, 3.8) is 0 Å². The second-order valence-corrected chi connectivity index (χ2v) is 8.03. The van der Waals surface area contributed by atoms with E-state index in [0.29, 0.717) is 12.2 Å². The number of hydrogen-bond acceptors (Lipinski definition) is 3. The van der Waals surface area contributed by atoms with Crippen molar-refractivity contribution in [3.8, 4) is 0 Å². The van der Waals surface area contributed by atoms with Gasteiger partial charge >= 0.3 is 0 Å². The molecule has 0 N–H and O–H groups in total. The maximum atomic E-state index is 5.66. The predicted molar refractivity (Wildman–Crippen MR) is 70.6 cm³/mol. The fourth-order valence-corrected chi connectivity index (χ4v) is 3.64.